The number of hydrogen-bond acceptors (Lipinski definition) is 2. The quantitative estimate of drug-likeness (QED) is 0.437. The molecule has 0 aliphatic rings. The second-order valence-electron chi connectivity index (χ2n) is 8.28. The van der Waals surface area contributed by atoms with Crippen LogP contribution in [0.15, 0.2) is 24.3 Å². The molecule has 33 heavy (non-hydrogen) atoms. The average molecular weight is 538 g/mol. The largest absolute Gasteiger partial charge is 1.00 e. The minimum atomic E-state index is -1.58. The number of halogens is 2. The van der Waals surface area contributed by atoms with Crippen molar-refractivity contribution in [1.82, 2.24) is 6.52 Å². The summed E-state index contributed by atoms with van der Waals surface area (Å²) in [6, 6.07) is 7.99. The summed E-state index contributed by atoms with van der Waals surface area (Å²) in [6.07, 6.45) is 6.73. The van der Waals surface area contributed by atoms with Crippen LogP contribution in [0, 0.1) is 27.7 Å². The van der Waals surface area contributed by atoms with E-state index in [-0.39, 0.29) is 21.2 Å². The minimum Gasteiger partial charge on any atom is -1.00 e. The van der Waals surface area contributed by atoms with Gasteiger partial charge in [0.1, 0.15) is 0 Å². The zero-order chi connectivity index (χ0) is 23.0. The monoisotopic (exact) mass is 536 g/mol. The number of rotatable bonds is 10. The molecule has 0 saturated carbocycles. The van der Waals surface area contributed by atoms with Crippen molar-refractivity contribution >= 4 is 11.8 Å². The molecule has 4 nitrogen and oxygen atoms in total. The summed E-state index contributed by atoms with van der Waals surface area (Å²) in [6.45, 7) is 12.6. The van der Waals surface area contributed by atoms with Crippen molar-refractivity contribution in [2.45, 2.75) is 80.1 Å². The number of benzene rings is 2. The van der Waals surface area contributed by atoms with Gasteiger partial charge in [-0.05, 0) is 0 Å². The third-order valence-electron chi connectivity index (χ3n) is 6.24. The van der Waals surface area contributed by atoms with Gasteiger partial charge in [0, 0.05) is 0 Å². The summed E-state index contributed by atoms with van der Waals surface area (Å²) in [4.78, 5) is 25.4. The molecule has 0 atom stereocenters. The van der Waals surface area contributed by atoms with Crippen LogP contribution in [-0.2, 0) is 36.7 Å². The van der Waals surface area contributed by atoms with Crippen molar-refractivity contribution in [2.24, 2.45) is 0 Å². The van der Waals surface area contributed by atoms with Gasteiger partial charge in [0.2, 0.25) is 0 Å². The number of hydrogen-bond donors (Lipinski definition) is 2. The number of nitrogens with one attached hydrogen (secondary N) is 2. The first-order valence-electron chi connectivity index (χ1n) is 11.4. The number of aryl methyl sites for hydroxylation is 2. The third kappa shape index (κ3) is 8.13. The molecule has 0 aliphatic heterocycles. The van der Waals surface area contributed by atoms with Crippen molar-refractivity contribution in [3.05, 3.63) is 68.8 Å². The van der Waals surface area contributed by atoms with Crippen molar-refractivity contribution in [3.8, 4) is 0 Å². The van der Waals surface area contributed by atoms with E-state index >= 15 is 0 Å². The minimum absolute atomic E-state index is 0. The van der Waals surface area contributed by atoms with Crippen LogP contribution in [-0.4, -0.2) is 11.8 Å². The Morgan fingerprint density at radius 2 is 1.03 bits per heavy atom. The molecule has 2 aromatic rings. The Balaban J connectivity index is 0.00000512. The molecule has 0 bridgehead atoms. The Morgan fingerprint density at radius 3 is 1.36 bits per heavy atom. The van der Waals surface area contributed by atoms with E-state index in [9.17, 15) is 9.59 Å². The molecule has 0 spiro atoms. The van der Waals surface area contributed by atoms with E-state index in [2.05, 4.69) is 46.3 Å². The Labute approximate surface area is 209 Å². The molecular weight excluding hydrogens is 502 g/mol. The molecule has 0 fully saturated rings. The fourth-order valence-corrected chi connectivity index (χ4v) is 5.17. The van der Waals surface area contributed by atoms with Gasteiger partial charge >= 0.3 is 201 Å². The van der Waals surface area contributed by atoms with Crippen LogP contribution in [0.5, 0.6) is 0 Å². The molecule has 7 heteroatoms. The molecule has 0 aromatic heterocycles. The standard InChI is InChI=1S/2C13H19NO.2FH.Zr/c2*1-4-5-6-11-7-8-12(13(14)15)10(3)9(11)2;;;/h2*7-8H,4-6H2,1-3H3,(H2,14,15);2*1H;/q;;;;+4/p-4. The fourth-order valence-electron chi connectivity index (χ4n) is 3.80. The summed E-state index contributed by atoms with van der Waals surface area (Å²) in [5.41, 5.74) is 8.52. The molecule has 2 N–H and O–H groups in total. The van der Waals surface area contributed by atoms with Crippen LogP contribution >= 0.6 is 0 Å². The summed E-state index contributed by atoms with van der Waals surface area (Å²) in [5, 5.41) is 0. The SMILES string of the molecule is CCCCc1ccc(C(=O)[NH][Zr+2][NH]C(=O)c2ccc(CCCC)c(C)c2C)c(C)c1C.[F-].[F-]. The van der Waals surface area contributed by atoms with E-state index in [1.807, 2.05) is 26.0 Å². The van der Waals surface area contributed by atoms with Gasteiger partial charge in [-0.15, -0.1) is 0 Å². The Kier molecular flexibility index (Phi) is 14.2. The molecule has 0 radical (unpaired) electrons. The average Bonchev–Trinajstić information content (AvgIpc) is 2.75. The van der Waals surface area contributed by atoms with Crippen molar-refractivity contribution in [1.29, 1.82) is 0 Å². The number of unbranched alkanes of at least 4 members (excludes halogenated alkanes) is 2. The van der Waals surface area contributed by atoms with Crippen LogP contribution in [0.1, 0.15) is 93.6 Å². The van der Waals surface area contributed by atoms with Crippen LogP contribution in [0.4, 0.5) is 0 Å². The van der Waals surface area contributed by atoms with E-state index in [4.69, 9.17) is 0 Å². The Morgan fingerprint density at radius 1 is 0.667 bits per heavy atom. The molecule has 2 amide bonds. The molecule has 2 aromatic carbocycles. The Bertz CT molecular complexity index is 873. The van der Waals surface area contributed by atoms with Gasteiger partial charge in [-0.25, -0.2) is 0 Å². The zero-order valence-electron chi connectivity index (χ0n) is 20.6. The number of carbonyl (C=O) groups is 2. The second-order valence-corrected chi connectivity index (χ2v) is 10.1. The van der Waals surface area contributed by atoms with Crippen molar-refractivity contribution in [3.63, 3.8) is 0 Å². The first-order chi connectivity index (χ1) is 14.8. The molecule has 0 aliphatic carbocycles. The summed E-state index contributed by atoms with van der Waals surface area (Å²) >= 11 is -1.58. The predicted octanol–water partition coefficient (Wildman–Crippen LogP) is -0.314. The van der Waals surface area contributed by atoms with Crippen LogP contribution in [0.2, 0.25) is 0 Å². The van der Waals surface area contributed by atoms with Gasteiger partial charge in [-0.1, -0.05) is 0 Å². The molecular formula is C26H36F2N2O2Zr. The molecule has 0 unspecified atom stereocenters. The van der Waals surface area contributed by atoms with Crippen molar-refractivity contribution < 1.29 is 42.8 Å². The summed E-state index contributed by atoms with van der Waals surface area (Å²) in [7, 11) is 0. The molecule has 0 heterocycles. The van der Waals surface area contributed by atoms with E-state index in [1.54, 1.807) is 0 Å². The maximum absolute atomic E-state index is 12.7. The zero-order valence-corrected chi connectivity index (χ0v) is 23.1. The van der Waals surface area contributed by atoms with Crippen LogP contribution < -0.4 is 15.9 Å². The molecule has 2 rings (SSSR count). The van der Waals surface area contributed by atoms with E-state index in [1.165, 1.54) is 22.3 Å². The maximum atomic E-state index is 12.7. The first-order valence-corrected chi connectivity index (χ1v) is 13.8. The molecule has 0 saturated heterocycles. The van der Waals surface area contributed by atoms with Gasteiger partial charge in [-0.2, -0.15) is 0 Å². The molecule has 180 valence electrons. The Hall–Kier alpha value is -1.88. The number of carbonyl (C=O) groups excluding carboxylic acids is 2. The van der Waals surface area contributed by atoms with Gasteiger partial charge < -0.3 is 9.41 Å². The van der Waals surface area contributed by atoms with Gasteiger partial charge in [0.05, 0.1) is 0 Å². The van der Waals surface area contributed by atoms with Gasteiger partial charge in [0.15, 0.2) is 0 Å². The van der Waals surface area contributed by atoms with Gasteiger partial charge in [-0.3, -0.25) is 0 Å². The van der Waals surface area contributed by atoms with Crippen LogP contribution in [0.3, 0.4) is 0 Å². The first kappa shape index (κ1) is 31.1. The normalized spacial score (nSPS) is 9.88. The number of amides is 2. The summed E-state index contributed by atoms with van der Waals surface area (Å²) < 4.78 is 6.01. The topological polar surface area (TPSA) is 58.2 Å². The predicted molar refractivity (Wildman–Crippen MR) is 124 cm³/mol. The maximum Gasteiger partial charge on any atom is -1.00 e. The second kappa shape index (κ2) is 15.1. The van der Waals surface area contributed by atoms with Crippen molar-refractivity contribution in [2.75, 3.05) is 0 Å². The third-order valence-corrected chi connectivity index (χ3v) is 7.97. The van der Waals surface area contributed by atoms with E-state index in [0.717, 1.165) is 49.7 Å². The smallest absolute Gasteiger partial charge is 1.00 e. The van der Waals surface area contributed by atoms with Gasteiger partial charge in [0.25, 0.3) is 0 Å². The van der Waals surface area contributed by atoms with E-state index < -0.39 is 23.8 Å². The summed E-state index contributed by atoms with van der Waals surface area (Å²) in [5.74, 6) is -0.172. The van der Waals surface area contributed by atoms with Crippen LogP contribution in [0.25, 0.3) is 0 Å². The van der Waals surface area contributed by atoms with E-state index in [0.29, 0.717) is 11.1 Å². The fraction of sp³-hybridized carbons (Fsp3) is 0.462.